The van der Waals surface area contributed by atoms with Crippen LogP contribution in [0.15, 0.2) is 17.4 Å². The predicted octanol–water partition coefficient (Wildman–Crippen LogP) is 1.78. The molecule has 21 heavy (non-hydrogen) atoms. The number of aromatic nitrogens is 1. The molecule has 0 aromatic carbocycles. The first-order chi connectivity index (χ1) is 10.2. The molecule has 2 aliphatic rings. The first-order valence-corrected chi connectivity index (χ1v) is 7.28. The molecule has 0 bridgehead atoms. The lowest BCUT2D eigenvalue weighted by Crippen LogP contribution is -2.46. The van der Waals surface area contributed by atoms with E-state index in [0.29, 0.717) is 11.5 Å². The number of carbonyl (C=O) groups excluding carboxylic acids is 1. The van der Waals surface area contributed by atoms with Gasteiger partial charge in [-0.3, -0.25) is 0 Å². The maximum absolute atomic E-state index is 11.7. The number of aryl methyl sites for hydroxylation is 1. The summed E-state index contributed by atoms with van der Waals surface area (Å²) >= 11 is 0. The normalized spacial score (nSPS) is 19.8. The minimum Gasteiger partial charge on any atom is -0.355 e. The van der Waals surface area contributed by atoms with Crippen molar-refractivity contribution >= 4 is 17.5 Å². The van der Waals surface area contributed by atoms with E-state index in [1.54, 1.807) is 12.3 Å². The van der Waals surface area contributed by atoms with Crippen molar-refractivity contribution in [1.29, 1.82) is 0 Å². The average molecular weight is 289 g/mol. The van der Waals surface area contributed by atoms with Gasteiger partial charge >= 0.3 is 6.03 Å². The third kappa shape index (κ3) is 2.68. The smallest absolute Gasteiger partial charge is 0.317 e. The van der Waals surface area contributed by atoms with Crippen molar-refractivity contribution in [3.8, 4) is 0 Å². The van der Waals surface area contributed by atoms with Crippen LogP contribution < -0.4 is 10.2 Å². The van der Waals surface area contributed by atoms with Crippen molar-refractivity contribution in [3.63, 3.8) is 0 Å². The maximum Gasteiger partial charge on any atom is 0.317 e. The minimum atomic E-state index is 0.0390. The Kier molecular flexibility index (Phi) is 3.72. The van der Waals surface area contributed by atoms with Crippen LogP contribution in [0.25, 0.3) is 0 Å². The molecule has 2 fully saturated rings. The molecule has 7 nitrogen and oxygen atoms in total. The monoisotopic (exact) mass is 289 g/mol. The molecule has 1 aromatic heterocycles. The number of pyridine rings is 1. The molecule has 3 heterocycles. The highest BCUT2D eigenvalue weighted by atomic mass is 16.3. The fourth-order valence-corrected chi connectivity index (χ4v) is 3.08. The van der Waals surface area contributed by atoms with Crippen molar-refractivity contribution in [2.45, 2.75) is 25.8 Å². The van der Waals surface area contributed by atoms with Gasteiger partial charge in [0, 0.05) is 38.4 Å². The molecule has 7 heteroatoms. The topological polar surface area (TPSA) is 77.9 Å². The second kappa shape index (κ2) is 5.67. The van der Waals surface area contributed by atoms with E-state index in [9.17, 15) is 9.70 Å². The van der Waals surface area contributed by atoms with Gasteiger partial charge in [0.1, 0.15) is 0 Å². The van der Waals surface area contributed by atoms with Gasteiger partial charge < -0.3 is 15.1 Å². The Morgan fingerprint density at radius 3 is 2.71 bits per heavy atom. The molecule has 1 aromatic rings. The zero-order chi connectivity index (χ0) is 14.8. The van der Waals surface area contributed by atoms with Crippen LogP contribution in [-0.2, 0) is 0 Å². The highest BCUT2D eigenvalue weighted by Crippen LogP contribution is 2.30. The molecule has 2 aliphatic heterocycles. The van der Waals surface area contributed by atoms with Crippen LogP contribution in [-0.4, -0.2) is 48.1 Å². The Morgan fingerprint density at radius 2 is 2.10 bits per heavy atom. The lowest BCUT2D eigenvalue weighted by atomic mass is 10.0. The number of nitrogens with one attached hydrogen (secondary N) is 1. The summed E-state index contributed by atoms with van der Waals surface area (Å²) in [5.74, 6) is 0.653. The van der Waals surface area contributed by atoms with Gasteiger partial charge in [-0.15, -0.1) is 4.91 Å². The van der Waals surface area contributed by atoms with Crippen LogP contribution in [0.2, 0.25) is 0 Å². The van der Waals surface area contributed by atoms with Gasteiger partial charge in [0.25, 0.3) is 0 Å². The van der Waals surface area contributed by atoms with Crippen LogP contribution >= 0.6 is 0 Å². The standard InChI is InChI=1S/C14H19N5O2/c1-10-8-12(17-21)13(16-9-10)18-5-2-11(3-6-18)19-7-4-15-14(19)20/h8-9,11H,2-7H2,1H3,(H,15,20). The van der Waals surface area contributed by atoms with E-state index in [0.717, 1.165) is 44.6 Å². The van der Waals surface area contributed by atoms with Gasteiger partial charge in [0.05, 0.1) is 0 Å². The van der Waals surface area contributed by atoms with Gasteiger partial charge in [0.15, 0.2) is 11.5 Å². The van der Waals surface area contributed by atoms with E-state index in [1.165, 1.54) is 0 Å². The summed E-state index contributed by atoms with van der Waals surface area (Å²) in [6, 6.07) is 2.08. The van der Waals surface area contributed by atoms with Crippen LogP contribution in [0.5, 0.6) is 0 Å². The van der Waals surface area contributed by atoms with Crippen LogP contribution in [0.3, 0.4) is 0 Å². The van der Waals surface area contributed by atoms with Crippen molar-refractivity contribution < 1.29 is 4.79 Å². The Bertz CT molecular complexity index is 554. The van der Waals surface area contributed by atoms with Gasteiger partial charge in [-0.25, -0.2) is 9.78 Å². The summed E-state index contributed by atoms with van der Waals surface area (Å²) in [6.45, 7) is 4.98. The SMILES string of the molecule is Cc1cnc(N2CCC(N3CCNC3=O)CC2)c(N=O)c1. The molecule has 0 aliphatic carbocycles. The third-order valence-electron chi connectivity index (χ3n) is 4.18. The number of urea groups is 1. The highest BCUT2D eigenvalue weighted by molar-refractivity contribution is 5.76. The van der Waals surface area contributed by atoms with Gasteiger partial charge in [0.2, 0.25) is 0 Å². The van der Waals surface area contributed by atoms with Gasteiger partial charge in [-0.2, -0.15) is 0 Å². The second-order valence-electron chi connectivity index (χ2n) is 5.59. The zero-order valence-electron chi connectivity index (χ0n) is 12.1. The summed E-state index contributed by atoms with van der Waals surface area (Å²) < 4.78 is 0. The van der Waals surface area contributed by atoms with Crippen molar-refractivity contribution in [3.05, 3.63) is 22.7 Å². The van der Waals surface area contributed by atoms with E-state index in [1.807, 2.05) is 11.8 Å². The summed E-state index contributed by atoms with van der Waals surface area (Å²) in [7, 11) is 0. The lowest BCUT2D eigenvalue weighted by molar-refractivity contribution is 0.186. The van der Waals surface area contributed by atoms with Crippen molar-refractivity contribution in [1.82, 2.24) is 15.2 Å². The van der Waals surface area contributed by atoms with E-state index in [4.69, 9.17) is 0 Å². The zero-order valence-corrected chi connectivity index (χ0v) is 12.1. The van der Waals surface area contributed by atoms with E-state index in [-0.39, 0.29) is 12.1 Å². The van der Waals surface area contributed by atoms with E-state index in [2.05, 4.69) is 20.4 Å². The van der Waals surface area contributed by atoms with Crippen molar-refractivity contribution in [2.24, 2.45) is 5.18 Å². The number of anilines is 1. The van der Waals surface area contributed by atoms with Crippen LogP contribution in [0, 0.1) is 11.8 Å². The summed E-state index contributed by atoms with van der Waals surface area (Å²) in [5.41, 5.74) is 1.32. The maximum atomic E-state index is 11.7. The van der Waals surface area contributed by atoms with Crippen LogP contribution in [0.1, 0.15) is 18.4 Å². The van der Waals surface area contributed by atoms with E-state index < -0.39 is 0 Å². The molecule has 0 spiro atoms. The molecule has 1 N–H and O–H groups in total. The summed E-state index contributed by atoms with van der Waals surface area (Å²) in [5, 5.41) is 5.93. The predicted molar refractivity (Wildman–Crippen MR) is 79.8 cm³/mol. The lowest BCUT2D eigenvalue weighted by Gasteiger charge is -2.36. The molecule has 2 amide bonds. The third-order valence-corrected chi connectivity index (χ3v) is 4.18. The Labute approximate surface area is 123 Å². The fraction of sp³-hybridized carbons (Fsp3) is 0.571. The highest BCUT2D eigenvalue weighted by Gasteiger charge is 2.31. The molecule has 3 rings (SSSR count). The van der Waals surface area contributed by atoms with Gasteiger partial charge in [-0.1, -0.05) is 0 Å². The molecular formula is C14H19N5O2. The molecule has 2 saturated heterocycles. The molecule has 112 valence electrons. The van der Waals surface area contributed by atoms with Crippen molar-refractivity contribution in [2.75, 3.05) is 31.1 Å². The average Bonchev–Trinajstić information content (AvgIpc) is 2.93. The number of amides is 2. The summed E-state index contributed by atoms with van der Waals surface area (Å²) in [4.78, 5) is 31.0. The molecular weight excluding hydrogens is 270 g/mol. The minimum absolute atomic E-state index is 0.0390. The Hall–Kier alpha value is -2.18. The number of nitroso groups, excluding NO2 is 1. The molecule has 0 saturated carbocycles. The van der Waals surface area contributed by atoms with E-state index >= 15 is 0 Å². The van der Waals surface area contributed by atoms with Crippen LogP contribution in [0.4, 0.5) is 16.3 Å². The number of piperidine rings is 1. The Morgan fingerprint density at radius 1 is 1.33 bits per heavy atom. The fourth-order valence-electron chi connectivity index (χ4n) is 3.08. The van der Waals surface area contributed by atoms with Gasteiger partial charge in [-0.05, 0) is 36.6 Å². The number of hydrogen-bond donors (Lipinski definition) is 1. The number of carbonyl (C=O) groups is 1. The quantitative estimate of drug-likeness (QED) is 0.860. The molecule has 0 radical (unpaired) electrons. The first kappa shape index (κ1) is 13.8. The number of hydrogen-bond acceptors (Lipinski definition) is 5. The number of rotatable bonds is 3. The second-order valence-corrected chi connectivity index (χ2v) is 5.59. The number of nitrogens with zero attached hydrogens (tertiary/aromatic N) is 4. The molecule has 0 atom stereocenters. The Balaban J connectivity index is 1.68. The molecule has 0 unspecified atom stereocenters. The first-order valence-electron chi connectivity index (χ1n) is 7.28. The largest absolute Gasteiger partial charge is 0.355 e. The summed E-state index contributed by atoms with van der Waals surface area (Å²) in [6.07, 6.45) is 3.53.